The van der Waals surface area contributed by atoms with E-state index in [1.54, 1.807) is 10.8 Å². The lowest BCUT2D eigenvalue weighted by Crippen LogP contribution is -2.12. The van der Waals surface area contributed by atoms with Crippen molar-refractivity contribution in [3.63, 3.8) is 0 Å². The summed E-state index contributed by atoms with van der Waals surface area (Å²) in [5.74, 6) is 0.413. The molecule has 1 heterocycles. The van der Waals surface area contributed by atoms with Crippen molar-refractivity contribution >= 4 is 17.8 Å². The van der Waals surface area contributed by atoms with Crippen LogP contribution in [0, 0.1) is 6.92 Å². The predicted molar refractivity (Wildman–Crippen MR) is 118 cm³/mol. The lowest BCUT2D eigenvalue weighted by molar-refractivity contribution is -0.111. The fourth-order valence-electron chi connectivity index (χ4n) is 3.01. The van der Waals surface area contributed by atoms with Crippen LogP contribution < -0.4 is 5.32 Å². The van der Waals surface area contributed by atoms with Crippen LogP contribution in [0.3, 0.4) is 0 Å². The van der Waals surface area contributed by atoms with Gasteiger partial charge in [0.25, 0.3) is 0 Å². The Kier molecular flexibility index (Phi) is 5.34. The summed E-state index contributed by atoms with van der Waals surface area (Å²) in [6.45, 7) is 2.05. The Bertz CT molecular complexity index is 1130. The van der Waals surface area contributed by atoms with Crippen molar-refractivity contribution in [1.29, 1.82) is 0 Å². The first-order chi connectivity index (χ1) is 14.2. The van der Waals surface area contributed by atoms with Gasteiger partial charge in [-0.3, -0.25) is 4.79 Å². The van der Waals surface area contributed by atoms with Crippen LogP contribution in [0.25, 0.3) is 23.0 Å². The second kappa shape index (κ2) is 8.40. The number of para-hydroxylation sites is 1. The summed E-state index contributed by atoms with van der Waals surface area (Å²) in [4.78, 5) is 12.5. The minimum atomic E-state index is -0.207. The van der Waals surface area contributed by atoms with Gasteiger partial charge < -0.3 is 5.32 Å². The second-order valence-corrected chi connectivity index (χ2v) is 6.76. The van der Waals surface area contributed by atoms with E-state index in [-0.39, 0.29) is 5.91 Å². The molecule has 0 spiro atoms. The molecule has 4 aromatic rings. The third-order valence-corrected chi connectivity index (χ3v) is 4.54. The highest BCUT2D eigenvalue weighted by molar-refractivity contribution is 6.01. The maximum atomic E-state index is 12.5. The molecule has 0 fully saturated rings. The third-order valence-electron chi connectivity index (χ3n) is 4.54. The largest absolute Gasteiger partial charge is 0.307 e. The van der Waals surface area contributed by atoms with Gasteiger partial charge in [-0.05, 0) is 30.7 Å². The number of aryl methyl sites for hydroxylation is 1. The molecule has 0 saturated heterocycles. The van der Waals surface area contributed by atoms with Crippen LogP contribution in [0.4, 0.5) is 5.82 Å². The first kappa shape index (κ1) is 18.4. The lowest BCUT2D eigenvalue weighted by atomic mass is 10.1. The molecule has 1 amide bonds. The van der Waals surface area contributed by atoms with Crippen molar-refractivity contribution < 1.29 is 4.79 Å². The zero-order valence-corrected chi connectivity index (χ0v) is 16.1. The molecular formula is C25H21N3O. The zero-order valence-electron chi connectivity index (χ0n) is 16.1. The molecule has 0 radical (unpaired) electrons. The monoisotopic (exact) mass is 379 g/mol. The Labute approximate surface area is 170 Å². The Morgan fingerprint density at radius 3 is 2.24 bits per heavy atom. The number of amides is 1. The number of anilines is 1. The van der Waals surface area contributed by atoms with Crippen molar-refractivity contribution in [2.24, 2.45) is 0 Å². The van der Waals surface area contributed by atoms with Crippen LogP contribution in [-0.2, 0) is 4.79 Å². The summed E-state index contributed by atoms with van der Waals surface area (Å²) in [5.41, 5.74) is 4.85. The van der Waals surface area contributed by atoms with Gasteiger partial charge in [0.15, 0.2) is 0 Å². The van der Waals surface area contributed by atoms with Crippen molar-refractivity contribution in [1.82, 2.24) is 9.78 Å². The maximum Gasteiger partial charge on any atom is 0.249 e. The minimum absolute atomic E-state index is 0.207. The third kappa shape index (κ3) is 4.50. The average Bonchev–Trinajstić information content (AvgIpc) is 3.18. The zero-order chi connectivity index (χ0) is 20.1. The Hall–Kier alpha value is -3.92. The number of carbonyl (C=O) groups is 1. The molecule has 29 heavy (non-hydrogen) atoms. The van der Waals surface area contributed by atoms with Crippen LogP contribution in [0.2, 0.25) is 0 Å². The number of nitrogens with zero attached hydrogens (tertiary/aromatic N) is 2. The van der Waals surface area contributed by atoms with E-state index in [0.717, 1.165) is 22.5 Å². The van der Waals surface area contributed by atoms with E-state index in [9.17, 15) is 4.79 Å². The molecule has 142 valence electrons. The smallest absolute Gasteiger partial charge is 0.249 e. The van der Waals surface area contributed by atoms with Crippen molar-refractivity contribution in [2.45, 2.75) is 6.92 Å². The molecule has 1 N–H and O–H groups in total. The molecule has 0 bridgehead atoms. The molecule has 0 aliphatic rings. The quantitative estimate of drug-likeness (QED) is 0.466. The minimum Gasteiger partial charge on any atom is -0.307 e. The highest BCUT2D eigenvalue weighted by Gasteiger charge is 2.12. The topological polar surface area (TPSA) is 46.9 Å². The first-order valence-electron chi connectivity index (χ1n) is 9.46. The molecule has 0 saturated carbocycles. The van der Waals surface area contributed by atoms with Crippen LogP contribution in [0.5, 0.6) is 0 Å². The average molecular weight is 379 g/mol. The summed E-state index contributed by atoms with van der Waals surface area (Å²) < 4.78 is 1.75. The number of benzene rings is 3. The number of carbonyl (C=O) groups excluding carboxylic acids is 1. The van der Waals surface area contributed by atoms with Gasteiger partial charge in [0.2, 0.25) is 5.91 Å². The normalized spacial score (nSPS) is 10.9. The van der Waals surface area contributed by atoms with E-state index in [1.807, 2.05) is 78.9 Å². The van der Waals surface area contributed by atoms with Gasteiger partial charge in [-0.15, -0.1) is 0 Å². The summed E-state index contributed by atoms with van der Waals surface area (Å²) in [5, 5.41) is 7.69. The van der Waals surface area contributed by atoms with Gasteiger partial charge in [-0.2, -0.15) is 5.10 Å². The van der Waals surface area contributed by atoms with E-state index < -0.39 is 0 Å². The first-order valence-corrected chi connectivity index (χ1v) is 9.46. The highest BCUT2D eigenvalue weighted by atomic mass is 16.1. The SMILES string of the molecule is Cc1ccc(-c2cc(NC(=O)C=Cc3ccccc3)n(-c3ccccc3)n2)cc1. The predicted octanol–water partition coefficient (Wildman–Crippen LogP) is 5.50. The summed E-state index contributed by atoms with van der Waals surface area (Å²) in [6.07, 6.45) is 3.32. The number of aromatic nitrogens is 2. The number of rotatable bonds is 5. The fourth-order valence-corrected chi connectivity index (χ4v) is 3.01. The van der Waals surface area contributed by atoms with Crippen LogP contribution in [0.15, 0.2) is 97.1 Å². The van der Waals surface area contributed by atoms with Crippen LogP contribution >= 0.6 is 0 Å². The number of hydrogen-bond donors (Lipinski definition) is 1. The van der Waals surface area contributed by atoms with Crippen LogP contribution in [-0.4, -0.2) is 15.7 Å². The van der Waals surface area contributed by atoms with E-state index in [4.69, 9.17) is 5.10 Å². The van der Waals surface area contributed by atoms with Crippen molar-refractivity contribution in [3.05, 3.63) is 108 Å². The van der Waals surface area contributed by atoms with Crippen molar-refractivity contribution in [2.75, 3.05) is 5.32 Å². The van der Waals surface area contributed by atoms with Gasteiger partial charge in [-0.25, -0.2) is 4.68 Å². The maximum absolute atomic E-state index is 12.5. The molecule has 0 aliphatic carbocycles. The Morgan fingerprint density at radius 2 is 1.55 bits per heavy atom. The Balaban J connectivity index is 1.65. The molecule has 3 aromatic carbocycles. The molecule has 0 unspecified atom stereocenters. The molecule has 1 aromatic heterocycles. The molecule has 4 rings (SSSR count). The summed E-state index contributed by atoms with van der Waals surface area (Å²) in [6, 6.07) is 29.6. The van der Waals surface area contributed by atoms with E-state index in [0.29, 0.717) is 5.82 Å². The van der Waals surface area contributed by atoms with Gasteiger partial charge in [0, 0.05) is 17.7 Å². The lowest BCUT2D eigenvalue weighted by Gasteiger charge is -2.07. The Morgan fingerprint density at radius 1 is 0.897 bits per heavy atom. The number of nitrogens with one attached hydrogen (secondary N) is 1. The van der Waals surface area contributed by atoms with Crippen LogP contribution in [0.1, 0.15) is 11.1 Å². The second-order valence-electron chi connectivity index (χ2n) is 6.76. The summed E-state index contributed by atoms with van der Waals surface area (Å²) in [7, 11) is 0. The molecule has 4 nitrogen and oxygen atoms in total. The standard InChI is InChI=1S/C25H21N3O/c1-19-12-15-21(16-13-19)23-18-24(28(27-23)22-10-6-3-7-11-22)26-25(29)17-14-20-8-4-2-5-9-20/h2-18H,1H3,(H,26,29). The molecular weight excluding hydrogens is 358 g/mol. The van der Waals surface area contributed by atoms with Gasteiger partial charge >= 0.3 is 0 Å². The van der Waals surface area contributed by atoms with E-state index in [2.05, 4.69) is 24.4 Å². The fraction of sp³-hybridized carbons (Fsp3) is 0.0400. The van der Waals surface area contributed by atoms with E-state index >= 15 is 0 Å². The number of hydrogen-bond acceptors (Lipinski definition) is 2. The van der Waals surface area contributed by atoms with Gasteiger partial charge in [0.05, 0.1) is 11.4 Å². The van der Waals surface area contributed by atoms with Gasteiger partial charge in [0.1, 0.15) is 5.82 Å². The highest BCUT2D eigenvalue weighted by Crippen LogP contribution is 2.25. The molecule has 0 atom stereocenters. The van der Waals surface area contributed by atoms with Crippen molar-refractivity contribution in [3.8, 4) is 16.9 Å². The summed E-state index contributed by atoms with van der Waals surface area (Å²) >= 11 is 0. The van der Waals surface area contributed by atoms with Gasteiger partial charge in [-0.1, -0.05) is 78.4 Å². The van der Waals surface area contributed by atoms with E-state index in [1.165, 1.54) is 11.6 Å². The molecule has 4 heteroatoms. The molecule has 0 aliphatic heterocycles.